The second kappa shape index (κ2) is 8.15. The largest absolute Gasteiger partial charge is 0.348 e. The Morgan fingerprint density at radius 3 is 1.64 bits per heavy atom. The number of rotatable bonds is 2. The molecule has 4 aromatic carbocycles. The standard InChI is InChI=1S/C33H21ClO5/c1-18-7-6-8-20(17-18)26-32(27(35)22-9-2-3-10-23(22)28(32)36)31(19-13-15-21(34)16-14-19)39-33(26)29(37)24-11-4-5-12-25(24)30(33)38/h2-17,26,31H,1H3/t26-,31-/m0/s1. The van der Waals surface area contributed by atoms with Crippen LogP contribution in [0.5, 0.6) is 0 Å². The van der Waals surface area contributed by atoms with Crippen LogP contribution in [0.25, 0.3) is 0 Å². The van der Waals surface area contributed by atoms with E-state index in [1.807, 2.05) is 19.1 Å². The SMILES string of the molecule is Cc1cccc([C@@H]2C3(O[C@@H](c4ccc(Cl)cc4)C24C(=O)c2ccccc2C4=O)C(=O)c2ccccc2C3=O)c1. The van der Waals surface area contributed by atoms with Gasteiger partial charge in [-0.3, -0.25) is 19.2 Å². The molecule has 39 heavy (non-hydrogen) atoms. The van der Waals surface area contributed by atoms with Crippen LogP contribution in [0.3, 0.4) is 0 Å². The lowest BCUT2D eigenvalue weighted by Gasteiger charge is -2.34. The molecule has 3 aliphatic rings. The Bertz CT molecular complexity index is 1680. The van der Waals surface area contributed by atoms with Crippen molar-refractivity contribution in [2.45, 2.75) is 24.5 Å². The fourth-order valence-corrected chi connectivity index (χ4v) is 6.94. The van der Waals surface area contributed by atoms with Gasteiger partial charge in [-0.1, -0.05) is 102 Å². The lowest BCUT2D eigenvalue weighted by atomic mass is 9.59. The van der Waals surface area contributed by atoms with Crippen molar-refractivity contribution in [1.82, 2.24) is 0 Å². The van der Waals surface area contributed by atoms with Gasteiger partial charge in [-0.05, 0) is 30.2 Å². The van der Waals surface area contributed by atoms with Crippen LogP contribution < -0.4 is 0 Å². The van der Waals surface area contributed by atoms with Gasteiger partial charge >= 0.3 is 0 Å². The summed E-state index contributed by atoms with van der Waals surface area (Å²) in [5.74, 6) is -3.19. The maximum absolute atomic E-state index is 14.6. The molecule has 1 saturated heterocycles. The van der Waals surface area contributed by atoms with Gasteiger partial charge in [0.25, 0.3) is 0 Å². The number of carbonyl (C=O) groups excluding carboxylic acids is 4. The normalized spacial score (nSPS) is 22.1. The zero-order valence-electron chi connectivity index (χ0n) is 20.8. The second-order valence-electron chi connectivity index (χ2n) is 10.4. The molecule has 0 unspecified atom stereocenters. The molecule has 0 aromatic heterocycles. The topological polar surface area (TPSA) is 77.5 Å². The third-order valence-corrected chi connectivity index (χ3v) is 8.64. The minimum atomic E-state index is -2.10. The molecule has 0 N–H and O–H groups in total. The quantitative estimate of drug-likeness (QED) is 0.280. The number of benzene rings is 4. The summed E-state index contributed by atoms with van der Waals surface area (Å²) < 4.78 is 6.68. The monoisotopic (exact) mass is 532 g/mol. The van der Waals surface area contributed by atoms with Gasteiger partial charge in [0.15, 0.2) is 11.6 Å². The number of carbonyl (C=O) groups is 4. The van der Waals surface area contributed by atoms with Gasteiger partial charge in [0.2, 0.25) is 17.2 Å². The third-order valence-electron chi connectivity index (χ3n) is 8.39. The number of ketones is 4. The first-order valence-corrected chi connectivity index (χ1v) is 13.1. The first-order valence-electron chi connectivity index (χ1n) is 12.7. The molecule has 190 valence electrons. The molecule has 7 rings (SSSR count). The number of Topliss-reactive ketones (excluding diaryl/α,β-unsaturated/α-hetero) is 4. The van der Waals surface area contributed by atoms with E-state index in [2.05, 4.69) is 0 Å². The molecular formula is C33H21ClO5. The van der Waals surface area contributed by atoms with Crippen LogP contribution >= 0.6 is 11.6 Å². The Labute approximate surface area is 229 Å². The summed E-state index contributed by atoms with van der Waals surface area (Å²) in [5.41, 5.74) is -1.15. The van der Waals surface area contributed by atoms with Crippen LogP contribution in [0, 0.1) is 12.3 Å². The molecule has 0 bridgehead atoms. The van der Waals surface area contributed by atoms with Gasteiger partial charge in [0, 0.05) is 27.3 Å². The van der Waals surface area contributed by atoms with Gasteiger partial charge in [0.1, 0.15) is 11.5 Å². The molecule has 1 aliphatic heterocycles. The van der Waals surface area contributed by atoms with Crippen LogP contribution in [0.2, 0.25) is 5.02 Å². The van der Waals surface area contributed by atoms with Crippen LogP contribution in [0.4, 0.5) is 0 Å². The van der Waals surface area contributed by atoms with Gasteiger partial charge in [-0.15, -0.1) is 0 Å². The summed E-state index contributed by atoms with van der Waals surface area (Å²) in [5, 5.41) is 0.462. The fraction of sp³-hybridized carbons (Fsp3) is 0.152. The number of halogens is 1. The Morgan fingerprint density at radius 1 is 0.615 bits per heavy atom. The van der Waals surface area contributed by atoms with E-state index in [1.54, 1.807) is 84.9 Å². The molecule has 0 amide bonds. The Hall–Kier alpha value is -4.19. The van der Waals surface area contributed by atoms with E-state index in [0.717, 1.165) is 5.56 Å². The molecule has 2 spiro atoms. The smallest absolute Gasteiger partial charge is 0.204 e. The molecule has 0 saturated carbocycles. The number of hydrogen-bond donors (Lipinski definition) is 0. The number of ether oxygens (including phenoxy) is 1. The van der Waals surface area contributed by atoms with Crippen molar-refractivity contribution in [2.24, 2.45) is 5.41 Å². The molecule has 1 heterocycles. The van der Waals surface area contributed by atoms with Gasteiger partial charge in [-0.25, -0.2) is 0 Å². The Balaban J connectivity index is 1.60. The lowest BCUT2D eigenvalue weighted by molar-refractivity contribution is -0.0210. The van der Waals surface area contributed by atoms with Crippen LogP contribution in [-0.4, -0.2) is 28.7 Å². The van der Waals surface area contributed by atoms with Crippen molar-refractivity contribution in [3.05, 3.63) is 141 Å². The minimum absolute atomic E-state index is 0.225. The molecule has 4 aromatic rings. The maximum Gasteiger partial charge on any atom is 0.204 e. The van der Waals surface area contributed by atoms with Crippen LogP contribution in [0.1, 0.15) is 70.1 Å². The van der Waals surface area contributed by atoms with E-state index in [0.29, 0.717) is 16.1 Å². The second-order valence-corrected chi connectivity index (χ2v) is 10.8. The van der Waals surface area contributed by atoms with E-state index in [1.165, 1.54) is 0 Å². The average molecular weight is 533 g/mol. The van der Waals surface area contributed by atoms with E-state index in [4.69, 9.17) is 16.3 Å². The summed E-state index contributed by atoms with van der Waals surface area (Å²) >= 11 is 6.19. The van der Waals surface area contributed by atoms with Crippen molar-refractivity contribution < 1.29 is 23.9 Å². The number of aryl methyl sites for hydroxylation is 1. The summed E-state index contributed by atoms with van der Waals surface area (Å²) in [6.45, 7) is 1.88. The Kier molecular flexibility index (Phi) is 5.00. The fourth-order valence-electron chi connectivity index (χ4n) is 6.81. The average Bonchev–Trinajstić information content (AvgIpc) is 3.47. The zero-order valence-corrected chi connectivity index (χ0v) is 21.6. The summed E-state index contributed by atoms with van der Waals surface area (Å²) in [4.78, 5) is 58.0. The maximum atomic E-state index is 14.6. The first-order chi connectivity index (χ1) is 18.8. The number of fused-ring (bicyclic) bond motifs is 2. The van der Waals surface area contributed by atoms with E-state index in [9.17, 15) is 19.2 Å². The van der Waals surface area contributed by atoms with E-state index in [-0.39, 0.29) is 22.3 Å². The lowest BCUT2D eigenvalue weighted by Crippen LogP contribution is -2.51. The van der Waals surface area contributed by atoms with Gasteiger partial charge < -0.3 is 4.74 Å². The highest BCUT2D eigenvalue weighted by Gasteiger charge is 2.79. The summed E-state index contributed by atoms with van der Waals surface area (Å²) in [6.07, 6.45) is -1.21. The predicted octanol–water partition coefficient (Wildman–Crippen LogP) is 6.39. The van der Waals surface area contributed by atoms with Crippen molar-refractivity contribution in [3.63, 3.8) is 0 Å². The van der Waals surface area contributed by atoms with Crippen molar-refractivity contribution >= 4 is 34.7 Å². The zero-order chi connectivity index (χ0) is 27.1. The highest BCUT2D eigenvalue weighted by Crippen LogP contribution is 2.67. The molecule has 0 radical (unpaired) electrons. The van der Waals surface area contributed by atoms with Crippen LogP contribution in [-0.2, 0) is 4.74 Å². The van der Waals surface area contributed by atoms with Crippen molar-refractivity contribution in [1.29, 1.82) is 0 Å². The van der Waals surface area contributed by atoms with E-state index < -0.39 is 46.2 Å². The van der Waals surface area contributed by atoms with Gasteiger partial charge in [0.05, 0.1) is 5.92 Å². The van der Waals surface area contributed by atoms with Crippen molar-refractivity contribution in [3.8, 4) is 0 Å². The molecule has 1 fully saturated rings. The minimum Gasteiger partial charge on any atom is -0.348 e. The molecule has 5 nitrogen and oxygen atoms in total. The highest BCUT2D eigenvalue weighted by molar-refractivity contribution is 6.37. The number of hydrogen-bond acceptors (Lipinski definition) is 5. The molecular weight excluding hydrogens is 512 g/mol. The van der Waals surface area contributed by atoms with Crippen molar-refractivity contribution in [2.75, 3.05) is 0 Å². The van der Waals surface area contributed by atoms with Crippen LogP contribution in [0.15, 0.2) is 97.1 Å². The van der Waals surface area contributed by atoms with Gasteiger partial charge in [-0.2, -0.15) is 0 Å². The van der Waals surface area contributed by atoms with E-state index >= 15 is 0 Å². The first kappa shape index (κ1) is 23.9. The predicted molar refractivity (Wildman–Crippen MR) is 145 cm³/mol. The third kappa shape index (κ3) is 2.89. The molecule has 2 aliphatic carbocycles. The highest BCUT2D eigenvalue weighted by atomic mass is 35.5. The summed E-state index contributed by atoms with van der Waals surface area (Å²) in [7, 11) is 0. The molecule has 2 atom stereocenters. The Morgan fingerprint density at radius 2 is 1.13 bits per heavy atom. The molecule has 6 heteroatoms. The summed E-state index contributed by atoms with van der Waals surface area (Å²) in [6, 6.07) is 27.1.